The zero-order chi connectivity index (χ0) is 47.1. The van der Waals surface area contributed by atoms with Gasteiger partial charge in [0, 0.05) is 27.5 Å². The molecule has 2 heterocycles. The van der Waals surface area contributed by atoms with Crippen LogP contribution in [0.1, 0.15) is 44.5 Å². The molecule has 2 aliphatic carbocycles. The molecule has 2 nitrogen and oxygen atoms in total. The van der Waals surface area contributed by atoms with Gasteiger partial charge in [0.1, 0.15) is 0 Å². The Kier molecular flexibility index (Phi) is 8.05. The summed E-state index contributed by atoms with van der Waals surface area (Å²) in [5.41, 5.74) is 21.3. The van der Waals surface area contributed by atoms with Crippen LogP contribution >= 0.6 is 0 Å². The molecule has 0 radical (unpaired) electrons. The van der Waals surface area contributed by atoms with Crippen LogP contribution in [0.15, 0.2) is 267 Å². The van der Waals surface area contributed by atoms with E-state index in [1.165, 1.54) is 116 Å². The lowest BCUT2D eigenvalue weighted by Crippen LogP contribution is -2.33. The van der Waals surface area contributed by atoms with Crippen LogP contribution < -0.4 is 4.90 Å². The van der Waals surface area contributed by atoms with Crippen molar-refractivity contribution in [2.45, 2.75) is 10.8 Å². The third kappa shape index (κ3) is 4.98. The monoisotopic (exact) mass is 912 g/mol. The summed E-state index contributed by atoms with van der Waals surface area (Å²) in [4.78, 5) is 2.57. The molecule has 0 bridgehead atoms. The molecule has 13 aromatic rings. The minimum absolute atomic E-state index is 0.588. The summed E-state index contributed by atoms with van der Waals surface area (Å²) >= 11 is 0. The van der Waals surface area contributed by atoms with Crippen molar-refractivity contribution < 1.29 is 0 Å². The second-order valence-electron chi connectivity index (χ2n) is 19.9. The third-order valence-corrected chi connectivity index (χ3v) is 16.6. The van der Waals surface area contributed by atoms with E-state index in [4.69, 9.17) is 0 Å². The van der Waals surface area contributed by atoms with Crippen molar-refractivity contribution in [1.82, 2.24) is 4.57 Å². The van der Waals surface area contributed by atoms with Gasteiger partial charge >= 0.3 is 0 Å². The summed E-state index contributed by atoms with van der Waals surface area (Å²) in [6.07, 6.45) is 0. The number of hydrogen-bond donors (Lipinski definition) is 0. The van der Waals surface area contributed by atoms with E-state index >= 15 is 0 Å². The standard InChI is InChI=1S/C70H44N2/c1-3-22-47(23-4-1)69(48-24-5-2-6-25-48)59-33-15-12-30-57(59)67-55-29-10-9-27-53(55)66(44-63(67)69)71(49-39-38-45-20-7-8-21-46(45)42-49)50-40-41-52-51-26-11-14-32-58(51)70(62(52)43-50)60-34-16-18-37-65(60)72-64-36-17-13-28-54(64)56-31-19-35-61(70)68(56)72/h1-44H. The van der Waals surface area contributed by atoms with E-state index in [1.807, 2.05) is 0 Å². The molecule has 1 aliphatic heterocycles. The van der Waals surface area contributed by atoms with E-state index in [9.17, 15) is 0 Å². The zero-order valence-electron chi connectivity index (χ0n) is 39.3. The molecule has 3 aliphatic rings. The predicted molar refractivity (Wildman–Crippen MR) is 299 cm³/mol. The van der Waals surface area contributed by atoms with Gasteiger partial charge in [-0.3, -0.25) is 0 Å². The maximum Gasteiger partial charge on any atom is 0.0755 e. The van der Waals surface area contributed by atoms with Crippen LogP contribution in [0, 0.1) is 0 Å². The molecule has 12 aromatic carbocycles. The van der Waals surface area contributed by atoms with Crippen LogP contribution in [0.5, 0.6) is 0 Å². The fourth-order valence-electron chi connectivity index (χ4n) is 13.9. The summed E-state index contributed by atoms with van der Waals surface area (Å²) in [5.74, 6) is 0. The second-order valence-corrected chi connectivity index (χ2v) is 19.9. The van der Waals surface area contributed by atoms with Crippen LogP contribution in [0.4, 0.5) is 17.1 Å². The van der Waals surface area contributed by atoms with Crippen LogP contribution in [0.25, 0.3) is 71.3 Å². The first kappa shape index (κ1) is 39.6. The number of rotatable bonds is 5. The van der Waals surface area contributed by atoms with Gasteiger partial charge in [-0.25, -0.2) is 0 Å². The molecule has 1 spiro atoms. The Labute approximate surface area is 418 Å². The first-order valence-corrected chi connectivity index (χ1v) is 25.2. The van der Waals surface area contributed by atoms with Gasteiger partial charge in [-0.15, -0.1) is 0 Å². The highest BCUT2D eigenvalue weighted by molar-refractivity contribution is 6.14. The Morgan fingerprint density at radius 2 is 0.861 bits per heavy atom. The fraction of sp³-hybridized carbons (Fsp3) is 0.0286. The molecular weight excluding hydrogens is 869 g/mol. The summed E-state index contributed by atoms with van der Waals surface area (Å²) in [6.45, 7) is 0. The minimum Gasteiger partial charge on any atom is -0.310 e. The van der Waals surface area contributed by atoms with E-state index in [0.29, 0.717) is 0 Å². The lowest BCUT2D eigenvalue weighted by Gasteiger charge is -2.40. The van der Waals surface area contributed by atoms with E-state index in [2.05, 4.69) is 276 Å². The van der Waals surface area contributed by atoms with Gasteiger partial charge in [0.05, 0.1) is 33.2 Å². The van der Waals surface area contributed by atoms with Gasteiger partial charge in [-0.2, -0.15) is 0 Å². The van der Waals surface area contributed by atoms with Gasteiger partial charge in [-0.05, 0) is 125 Å². The summed E-state index contributed by atoms with van der Waals surface area (Å²) in [7, 11) is 0. The van der Waals surface area contributed by atoms with E-state index in [0.717, 1.165) is 17.1 Å². The minimum atomic E-state index is -0.602. The molecule has 72 heavy (non-hydrogen) atoms. The second kappa shape index (κ2) is 14.6. The molecular formula is C70H44N2. The van der Waals surface area contributed by atoms with Gasteiger partial charge in [0.25, 0.3) is 0 Å². The number of hydrogen-bond acceptors (Lipinski definition) is 1. The molecule has 1 atom stereocenters. The predicted octanol–water partition coefficient (Wildman–Crippen LogP) is 17.6. The molecule has 0 fully saturated rings. The normalized spacial score (nSPS) is 15.4. The molecule has 1 aromatic heterocycles. The highest BCUT2D eigenvalue weighted by atomic mass is 15.1. The Morgan fingerprint density at radius 3 is 1.65 bits per heavy atom. The van der Waals surface area contributed by atoms with E-state index in [-0.39, 0.29) is 0 Å². The average molecular weight is 913 g/mol. The molecule has 0 saturated heterocycles. The lowest BCUT2D eigenvalue weighted by atomic mass is 9.65. The summed E-state index contributed by atoms with van der Waals surface area (Å²) < 4.78 is 2.53. The van der Waals surface area contributed by atoms with E-state index < -0.39 is 10.8 Å². The Bertz CT molecular complexity index is 4370. The van der Waals surface area contributed by atoms with Crippen molar-refractivity contribution in [2.75, 3.05) is 4.90 Å². The highest BCUT2D eigenvalue weighted by Gasteiger charge is 2.52. The van der Waals surface area contributed by atoms with E-state index in [1.54, 1.807) is 0 Å². The van der Waals surface area contributed by atoms with Crippen molar-refractivity contribution in [2.24, 2.45) is 0 Å². The van der Waals surface area contributed by atoms with Crippen LogP contribution in [0.2, 0.25) is 0 Å². The number of fused-ring (bicyclic) bond motifs is 18. The van der Waals surface area contributed by atoms with Crippen molar-refractivity contribution in [3.8, 4) is 27.9 Å². The molecule has 1 unspecified atom stereocenters. The largest absolute Gasteiger partial charge is 0.310 e. The van der Waals surface area contributed by atoms with Gasteiger partial charge in [0.15, 0.2) is 0 Å². The van der Waals surface area contributed by atoms with Crippen molar-refractivity contribution in [3.63, 3.8) is 0 Å². The van der Waals surface area contributed by atoms with Gasteiger partial charge in [0.2, 0.25) is 0 Å². The number of benzene rings is 12. The maximum absolute atomic E-state index is 2.57. The summed E-state index contributed by atoms with van der Waals surface area (Å²) in [5, 5.41) is 7.41. The van der Waals surface area contributed by atoms with Crippen molar-refractivity contribution >= 4 is 60.4 Å². The Balaban J connectivity index is 1.04. The van der Waals surface area contributed by atoms with Crippen LogP contribution in [-0.4, -0.2) is 4.57 Å². The number of para-hydroxylation sites is 3. The first-order valence-electron chi connectivity index (χ1n) is 25.2. The van der Waals surface area contributed by atoms with Crippen LogP contribution in [-0.2, 0) is 10.8 Å². The molecule has 0 saturated carbocycles. The molecule has 2 heteroatoms. The molecule has 0 amide bonds. The Morgan fingerprint density at radius 1 is 0.306 bits per heavy atom. The van der Waals surface area contributed by atoms with Gasteiger partial charge in [-0.1, -0.05) is 224 Å². The molecule has 334 valence electrons. The summed E-state index contributed by atoms with van der Waals surface area (Å²) in [6, 6.07) is 101. The zero-order valence-corrected chi connectivity index (χ0v) is 39.3. The SMILES string of the molecule is c1ccc(C2(c3ccccc3)c3ccccc3-c3c2cc(N(c2ccc4c(c2)C2(c5ccccc5-4)c4ccccc4-n4c5ccccc5c5cccc2c54)c2ccc4ccccc4c2)c2ccccc32)cc1. The number of nitrogens with zero attached hydrogens (tertiary/aromatic N) is 2. The molecule has 0 N–H and O–H groups in total. The molecule has 16 rings (SSSR count). The number of aromatic nitrogens is 1. The first-order chi connectivity index (χ1) is 35.7. The number of anilines is 3. The van der Waals surface area contributed by atoms with Crippen molar-refractivity contribution in [1.29, 1.82) is 0 Å². The Hall–Kier alpha value is -9.24. The van der Waals surface area contributed by atoms with Gasteiger partial charge < -0.3 is 9.47 Å². The smallest absolute Gasteiger partial charge is 0.0755 e. The van der Waals surface area contributed by atoms with Crippen molar-refractivity contribution in [3.05, 3.63) is 311 Å². The van der Waals surface area contributed by atoms with Crippen LogP contribution in [0.3, 0.4) is 0 Å². The highest BCUT2D eigenvalue weighted by Crippen LogP contribution is 2.63. The lowest BCUT2D eigenvalue weighted by molar-refractivity contribution is 0.748. The average Bonchev–Trinajstić information content (AvgIpc) is 4.06. The quantitative estimate of drug-likeness (QED) is 0.167. The maximum atomic E-state index is 2.57. The fourth-order valence-corrected chi connectivity index (χ4v) is 13.9. The third-order valence-electron chi connectivity index (χ3n) is 16.6. The topological polar surface area (TPSA) is 8.17 Å².